The van der Waals surface area contributed by atoms with Gasteiger partial charge in [0.15, 0.2) is 0 Å². The lowest BCUT2D eigenvalue weighted by molar-refractivity contribution is 0.0104. The molecule has 1 saturated heterocycles. The summed E-state index contributed by atoms with van der Waals surface area (Å²) in [6.07, 6.45) is 1.82. The first-order valence-electron chi connectivity index (χ1n) is 7.93. The molecule has 3 nitrogen and oxygen atoms in total. The Morgan fingerprint density at radius 3 is 2.52 bits per heavy atom. The van der Waals surface area contributed by atoms with Crippen molar-refractivity contribution in [3.63, 3.8) is 0 Å². The zero-order valence-electron chi connectivity index (χ0n) is 13.0. The summed E-state index contributed by atoms with van der Waals surface area (Å²) in [6, 6.07) is 17.6. The second-order valence-electron chi connectivity index (χ2n) is 5.88. The van der Waals surface area contributed by atoms with Crippen molar-refractivity contribution in [1.82, 2.24) is 4.90 Å². The molecule has 1 fully saturated rings. The van der Waals surface area contributed by atoms with Crippen molar-refractivity contribution in [1.29, 1.82) is 0 Å². The van der Waals surface area contributed by atoms with E-state index in [4.69, 9.17) is 4.74 Å². The van der Waals surface area contributed by atoms with E-state index in [1.807, 2.05) is 24.3 Å². The Balaban J connectivity index is 1.48. The summed E-state index contributed by atoms with van der Waals surface area (Å²) >= 11 is 3.51. The SMILES string of the molecule is O=C(OC1CCN(Cc2cccc(Br)c2)CC1)c1ccccc1. The molecule has 0 spiro atoms. The fourth-order valence-electron chi connectivity index (χ4n) is 2.87. The predicted molar refractivity (Wildman–Crippen MR) is 94.3 cm³/mol. The molecular weight excluding hydrogens is 354 g/mol. The van der Waals surface area contributed by atoms with Gasteiger partial charge in [-0.2, -0.15) is 0 Å². The van der Waals surface area contributed by atoms with E-state index >= 15 is 0 Å². The largest absolute Gasteiger partial charge is 0.459 e. The predicted octanol–water partition coefficient (Wildman–Crippen LogP) is 4.27. The zero-order valence-corrected chi connectivity index (χ0v) is 14.5. The van der Waals surface area contributed by atoms with Crippen molar-refractivity contribution in [3.8, 4) is 0 Å². The Kier molecular flexibility index (Phi) is 5.47. The van der Waals surface area contributed by atoms with Crippen LogP contribution in [0, 0.1) is 0 Å². The third kappa shape index (κ3) is 4.66. The number of hydrogen-bond acceptors (Lipinski definition) is 3. The lowest BCUT2D eigenvalue weighted by Gasteiger charge is -2.31. The highest BCUT2D eigenvalue weighted by Crippen LogP contribution is 2.19. The Hall–Kier alpha value is -1.65. The van der Waals surface area contributed by atoms with Gasteiger partial charge in [-0.05, 0) is 42.7 Å². The van der Waals surface area contributed by atoms with Crippen LogP contribution >= 0.6 is 15.9 Å². The molecule has 120 valence electrons. The number of rotatable bonds is 4. The Morgan fingerprint density at radius 1 is 1.09 bits per heavy atom. The van der Waals surface area contributed by atoms with E-state index in [2.05, 4.69) is 39.0 Å². The third-order valence-electron chi connectivity index (χ3n) is 4.11. The number of esters is 1. The highest BCUT2D eigenvalue weighted by molar-refractivity contribution is 9.10. The summed E-state index contributed by atoms with van der Waals surface area (Å²) in [5.74, 6) is -0.212. The van der Waals surface area contributed by atoms with Gasteiger partial charge in [-0.3, -0.25) is 4.90 Å². The third-order valence-corrected chi connectivity index (χ3v) is 4.61. The molecule has 0 amide bonds. The second kappa shape index (κ2) is 7.75. The first kappa shape index (κ1) is 16.2. The van der Waals surface area contributed by atoms with Crippen molar-refractivity contribution >= 4 is 21.9 Å². The number of likely N-dealkylation sites (tertiary alicyclic amines) is 1. The Morgan fingerprint density at radius 2 is 1.83 bits per heavy atom. The van der Waals surface area contributed by atoms with Crippen molar-refractivity contribution in [2.24, 2.45) is 0 Å². The topological polar surface area (TPSA) is 29.5 Å². The van der Waals surface area contributed by atoms with Crippen molar-refractivity contribution in [2.75, 3.05) is 13.1 Å². The van der Waals surface area contributed by atoms with Crippen LogP contribution in [0.5, 0.6) is 0 Å². The molecule has 2 aromatic rings. The van der Waals surface area contributed by atoms with Crippen LogP contribution in [0.4, 0.5) is 0 Å². The molecular formula is C19H20BrNO2. The normalized spacial score (nSPS) is 16.2. The van der Waals surface area contributed by atoms with Crippen LogP contribution in [0.15, 0.2) is 59.1 Å². The number of nitrogens with zero attached hydrogens (tertiary/aromatic N) is 1. The maximum absolute atomic E-state index is 12.1. The van der Waals surface area contributed by atoms with Gasteiger partial charge in [0.2, 0.25) is 0 Å². The minimum atomic E-state index is -0.212. The summed E-state index contributed by atoms with van der Waals surface area (Å²) in [7, 11) is 0. The summed E-state index contributed by atoms with van der Waals surface area (Å²) in [6.45, 7) is 2.86. The monoisotopic (exact) mass is 373 g/mol. The number of carbonyl (C=O) groups is 1. The van der Waals surface area contributed by atoms with Crippen LogP contribution in [0.3, 0.4) is 0 Å². The second-order valence-corrected chi connectivity index (χ2v) is 6.79. The maximum Gasteiger partial charge on any atom is 0.338 e. The van der Waals surface area contributed by atoms with Crippen LogP contribution in [0.25, 0.3) is 0 Å². The van der Waals surface area contributed by atoms with E-state index in [1.165, 1.54) is 5.56 Å². The molecule has 0 N–H and O–H groups in total. The summed E-state index contributed by atoms with van der Waals surface area (Å²) in [4.78, 5) is 14.5. The fourth-order valence-corrected chi connectivity index (χ4v) is 3.32. The molecule has 3 rings (SSSR count). The lowest BCUT2D eigenvalue weighted by Crippen LogP contribution is -2.37. The standard InChI is InChI=1S/C19H20BrNO2/c20-17-8-4-5-15(13-17)14-21-11-9-18(10-12-21)23-19(22)16-6-2-1-3-7-16/h1-8,13,18H,9-12,14H2. The molecule has 23 heavy (non-hydrogen) atoms. The van der Waals surface area contributed by atoms with E-state index in [0.717, 1.165) is 36.9 Å². The van der Waals surface area contributed by atoms with Gasteiger partial charge in [0.25, 0.3) is 0 Å². The molecule has 0 aliphatic carbocycles. The summed E-state index contributed by atoms with van der Waals surface area (Å²) in [5, 5.41) is 0. The van der Waals surface area contributed by atoms with Gasteiger partial charge in [0.05, 0.1) is 5.56 Å². The van der Waals surface area contributed by atoms with Crippen molar-refractivity contribution in [2.45, 2.75) is 25.5 Å². The lowest BCUT2D eigenvalue weighted by atomic mass is 10.1. The molecule has 1 aliphatic heterocycles. The van der Waals surface area contributed by atoms with E-state index in [9.17, 15) is 4.79 Å². The number of halogens is 1. The van der Waals surface area contributed by atoms with E-state index in [0.29, 0.717) is 5.56 Å². The molecule has 0 radical (unpaired) electrons. The van der Waals surface area contributed by atoms with Gasteiger partial charge >= 0.3 is 5.97 Å². The van der Waals surface area contributed by atoms with Crippen molar-refractivity contribution in [3.05, 3.63) is 70.2 Å². The molecule has 0 unspecified atom stereocenters. The maximum atomic E-state index is 12.1. The number of piperidine rings is 1. The highest BCUT2D eigenvalue weighted by atomic mass is 79.9. The Labute approximate surface area is 145 Å². The van der Waals surface area contributed by atoms with Crippen molar-refractivity contribution < 1.29 is 9.53 Å². The van der Waals surface area contributed by atoms with E-state index in [-0.39, 0.29) is 12.1 Å². The van der Waals surface area contributed by atoms with Crippen LogP contribution < -0.4 is 0 Å². The number of benzene rings is 2. The van der Waals surface area contributed by atoms with Gasteiger partial charge in [-0.1, -0.05) is 46.3 Å². The summed E-state index contributed by atoms with van der Waals surface area (Å²) in [5.41, 5.74) is 1.93. The van der Waals surface area contributed by atoms with E-state index in [1.54, 1.807) is 12.1 Å². The molecule has 1 aliphatic rings. The fraction of sp³-hybridized carbons (Fsp3) is 0.316. The first-order valence-corrected chi connectivity index (χ1v) is 8.73. The smallest absolute Gasteiger partial charge is 0.338 e. The minimum Gasteiger partial charge on any atom is -0.459 e. The molecule has 2 aromatic carbocycles. The first-order chi connectivity index (χ1) is 11.2. The van der Waals surface area contributed by atoms with Gasteiger partial charge in [0.1, 0.15) is 6.10 Å². The number of ether oxygens (including phenoxy) is 1. The van der Waals surface area contributed by atoms with Gasteiger partial charge in [0, 0.05) is 24.1 Å². The summed E-state index contributed by atoms with van der Waals surface area (Å²) < 4.78 is 6.73. The Bertz CT molecular complexity index is 651. The molecule has 1 heterocycles. The average molecular weight is 374 g/mol. The quantitative estimate of drug-likeness (QED) is 0.749. The van der Waals surface area contributed by atoms with Gasteiger partial charge in [-0.25, -0.2) is 4.79 Å². The zero-order chi connectivity index (χ0) is 16.1. The molecule has 4 heteroatoms. The van der Waals surface area contributed by atoms with Crippen LogP contribution in [0.2, 0.25) is 0 Å². The van der Waals surface area contributed by atoms with Gasteiger partial charge in [-0.15, -0.1) is 0 Å². The number of hydrogen-bond donors (Lipinski definition) is 0. The number of carbonyl (C=O) groups excluding carboxylic acids is 1. The molecule has 0 bridgehead atoms. The highest BCUT2D eigenvalue weighted by Gasteiger charge is 2.22. The van der Waals surface area contributed by atoms with Crippen LogP contribution in [-0.2, 0) is 11.3 Å². The van der Waals surface area contributed by atoms with Gasteiger partial charge < -0.3 is 4.74 Å². The minimum absolute atomic E-state index is 0.0291. The van der Waals surface area contributed by atoms with Crippen LogP contribution in [-0.4, -0.2) is 30.1 Å². The molecule has 0 aromatic heterocycles. The van der Waals surface area contributed by atoms with Crippen LogP contribution in [0.1, 0.15) is 28.8 Å². The average Bonchev–Trinajstić information content (AvgIpc) is 2.57. The molecule has 0 atom stereocenters. The van der Waals surface area contributed by atoms with E-state index < -0.39 is 0 Å². The molecule has 0 saturated carbocycles.